The molecule has 4 aliphatic rings. The van der Waals surface area contributed by atoms with Crippen LogP contribution < -0.4 is 21.3 Å². The fraction of sp³-hybridized carbons (Fsp3) is 0.828. The molecule has 14 heteroatoms. The van der Waals surface area contributed by atoms with Gasteiger partial charge in [0.1, 0.15) is 12.1 Å². The fourth-order valence-electron chi connectivity index (χ4n) is 6.03. The molecule has 5 amide bonds. The number of nitrogens with one attached hydrogen (secondary N) is 4. The third kappa shape index (κ3) is 8.68. The molecule has 4 fully saturated rings. The minimum Gasteiger partial charge on any atom is -0.347 e. The number of carbonyl (C=O) groups is 5. The summed E-state index contributed by atoms with van der Waals surface area (Å²) in [5.41, 5.74) is -1.67. The van der Waals surface area contributed by atoms with E-state index in [4.69, 9.17) is 0 Å². The van der Waals surface area contributed by atoms with Crippen LogP contribution in [0.25, 0.3) is 0 Å². The van der Waals surface area contributed by atoms with Gasteiger partial charge < -0.3 is 26.2 Å². The van der Waals surface area contributed by atoms with Gasteiger partial charge in [-0.1, -0.05) is 40.0 Å². The van der Waals surface area contributed by atoms with Crippen LogP contribution in [-0.4, -0.2) is 103 Å². The molecule has 43 heavy (non-hydrogen) atoms. The Morgan fingerprint density at radius 2 is 1.60 bits per heavy atom. The fourth-order valence-corrected chi connectivity index (χ4v) is 7.96. The maximum absolute atomic E-state index is 13.9. The van der Waals surface area contributed by atoms with E-state index < -0.39 is 69.1 Å². The third-order valence-corrected chi connectivity index (χ3v) is 11.1. The zero-order chi connectivity index (χ0) is 31.6. The van der Waals surface area contributed by atoms with Crippen molar-refractivity contribution in [2.24, 2.45) is 5.41 Å². The van der Waals surface area contributed by atoms with Gasteiger partial charge in [-0.05, 0) is 56.8 Å². The molecule has 0 bridgehead atoms. The molecule has 0 unspecified atom stereocenters. The lowest BCUT2D eigenvalue weighted by Crippen LogP contribution is -2.63. The second kappa shape index (κ2) is 13.1. The molecule has 0 aromatic rings. The van der Waals surface area contributed by atoms with Crippen LogP contribution in [0.15, 0.2) is 0 Å². The number of nitrogens with zero attached hydrogens (tertiary/aromatic N) is 2. The number of sulfonamides is 1. The van der Waals surface area contributed by atoms with Gasteiger partial charge in [-0.2, -0.15) is 0 Å². The van der Waals surface area contributed by atoms with E-state index >= 15 is 0 Å². The van der Waals surface area contributed by atoms with Crippen LogP contribution in [0.3, 0.4) is 0 Å². The van der Waals surface area contributed by atoms with E-state index in [2.05, 4.69) is 21.3 Å². The summed E-state index contributed by atoms with van der Waals surface area (Å²) in [6, 6.07) is -2.42. The molecular formula is C29H48N6O7S. The summed E-state index contributed by atoms with van der Waals surface area (Å²) in [6.07, 6.45) is 7.91. The number of hydrogen-bond donors (Lipinski definition) is 4. The first-order valence-corrected chi connectivity index (χ1v) is 17.2. The molecule has 3 aliphatic carbocycles. The quantitative estimate of drug-likeness (QED) is 0.232. The van der Waals surface area contributed by atoms with Crippen LogP contribution in [-0.2, 0) is 29.2 Å². The smallest absolute Gasteiger partial charge is 0.315 e. The Hall–Kier alpha value is -2.74. The zero-order valence-corrected chi connectivity index (χ0v) is 26.7. The van der Waals surface area contributed by atoms with E-state index in [9.17, 15) is 32.4 Å². The van der Waals surface area contributed by atoms with Gasteiger partial charge in [0, 0.05) is 25.7 Å². The Bertz CT molecular complexity index is 1200. The highest BCUT2D eigenvalue weighted by molar-refractivity contribution is 7.89. The zero-order valence-electron chi connectivity index (χ0n) is 25.9. The van der Waals surface area contributed by atoms with E-state index in [0.29, 0.717) is 32.2 Å². The minimum absolute atomic E-state index is 0.0194. The second-order valence-electron chi connectivity index (χ2n) is 13.8. The molecule has 0 spiro atoms. The number of amides is 5. The van der Waals surface area contributed by atoms with Crippen molar-refractivity contribution in [1.29, 1.82) is 0 Å². The summed E-state index contributed by atoms with van der Waals surface area (Å²) in [6.45, 7) is 5.27. The summed E-state index contributed by atoms with van der Waals surface area (Å²) in [5.74, 6) is -2.63. The van der Waals surface area contributed by atoms with Crippen molar-refractivity contribution in [1.82, 2.24) is 30.5 Å². The molecule has 1 aliphatic heterocycles. The van der Waals surface area contributed by atoms with Crippen molar-refractivity contribution in [3.05, 3.63) is 0 Å². The lowest BCUT2D eigenvalue weighted by Gasteiger charge is -2.40. The standard InChI is InChI=1S/C29H48N6O7S/c1-28(2,3)23(26(39)35-16-8-9-21(35)24(37)30-17-22(36)25(38)31-19-10-11-19)32-27(40)33-29(14-6-5-7-15-29)18-43(41,42)34(4)20-12-13-20/h19-21,23H,5-18H2,1-4H3,(H,30,37)(H,31,38)(H2,32,33,40)/t21-,23+/m0/s1. The van der Waals surface area contributed by atoms with Crippen LogP contribution in [0.5, 0.6) is 0 Å². The largest absolute Gasteiger partial charge is 0.347 e. The van der Waals surface area contributed by atoms with Crippen LogP contribution in [0.1, 0.15) is 91.4 Å². The topological polar surface area (TPSA) is 174 Å². The van der Waals surface area contributed by atoms with Crippen LogP contribution in [0.4, 0.5) is 4.79 Å². The normalized spacial score (nSPS) is 22.9. The van der Waals surface area contributed by atoms with E-state index in [1.165, 1.54) is 9.21 Å². The Kier molecular flexibility index (Phi) is 10.1. The van der Waals surface area contributed by atoms with Gasteiger partial charge >= 0.3 is 6.03 Å². The van der Waals surface area contributed by atoms with Crippen molar-refractivity contribution < 1.29 is 32.4 Å². The molecule has 13 nitrogen and oxygen atoms in total. The van der Waals surface area contributed by atoms with Crippen molar-refractivity contribution in [3.8, 4) is 0 Å². The molecule has 1 heterocycles. The molecule has 0 radical (unpaired) electrons. The van der Waals surface area contributed by atoms with E-state index in [1.807, 2.05) is 20.8 Å². The van der Waals surface area contributed by atoms with Crippen LogP contribution in [0.2, 0.25) is 0 Å². The summed E-state index contributed by atoms with van der Waals surface area (Å²) < 4.78 is 27.9. The molecule has 1 saturated heterocycles. The lowest BCUT2D eigenvalue weighted by molar-refractivity contribution is -0.142. The van der Waals surface area contributed by atoms with Crippen LogP contribution >= 0.6 is 0 Å². The summed E-state index contributed by atoms with van der Waals surface area (Å²) >= 11 is 0. The molecule has 0 aromatic heterocycles. The highest BCUT2D eigenvalue weighted by Gasteiger charge is 2.45. The number of likely N-dealkylation sites (tertiary alicyclic amines) is 1. The number of rotatable bonds is 12. The highest BCUT2D eigenvalue weighted by atomic mass is 32.2. The number of hydrogen-bond acceptors (Lipinski definition) is 7. The monoisotopic (exact) mass is 624 g/mol. The van der Waals surface area contributed by atoms with Gasteiger partial charge in [0.15, 0.2) is 0 Å². The number of urea groups is 1. The SMILES string of the molecule is CN(C1CC1)S(=O)(=O)CC1(NC(=O)N[C@H](C(=O)N2CCC[C@H]2C(=O)NCC(=O)C(=O)NC2CC2)C(C)(C)C)CCCCC1. The van der Waals surface area contributed by atoms with Crippen LogP contribution in [0, 0.1) is 5.41 Å². The minimum atomic E-state index is -3.60. The summed E-state index contributed by atoms with van der Waals surface area (Å²) in [5, 5.41) is 10.9. The Balaban J connectivity index is 1.40. The first-order chi connectivity index (χ1) is 20.1. The maximum Gasteiger partial charge on any atom is 0.315 e. The van der Waals surface area contributed by atoms with Gasteiger partial charge in [0.2, 0.25) is 27.6 Å². The Morgan fingerprint density at radius 1 is 0.953 bits per heavy atom. The Labute approximate surface area is 254 Å². The van der Waals surface area contributed by atoms with Crippen molar-refractivity contribution >= 4 is 39.6 Å². The molecular weight excluding hydrogens is 576 g/mol. The van der Waals surface area contributed by atoms with Gasteiger partial charge in [-0.25, -0.2) is 17.5 Å². The predicted molar refractivity (Wildman–Crippen MR) is 159 cm³/mol. The van der Waals surface area contributed by atoms with Crippen molar-refractivity contribution in [2.75, 3.05) is 25.9 Å². The molecule has 0 aromatic carbocycles. The highest BCUT2D eigenvalue weighted by Crippen LogP contribution is 2.34. The first kappa shape index (κ1) is 33.2. The summed E-state index contributed by atoms with van der Waals surface area (Å²) in [7, 11) is -2.01. The molecule has 3 saturated carbocycles. The average Bonchev–Trinajstić information content (AvgIpc) is 3.87. The van der Waals surface area contributed by atoms with Gasteiger partial charge in [0.25, 0.3) is 5.91 Å². The van der Waals surface area contributed by atoms with Crippen molar-refractivity contribution in [2.45, 2.75) is 121 Å². The van der Waals surface area contributed by atoms with Gasteiger partial charge in [-0.3, -0.25) is 19.2 Å². The maximum atomic E-state index is 13.9. The van der Waals surface area contributed by atoms with Gasteiger partial charge in [0.05, 0.1) is 17.8 Å². The average molecular weight is 625 g/mol. The number of carbonyl (C=O) groups excluding carboxylic acids is 5. The van der Waals surface area contributed by atoms with E-state index in [-0.39, 0.29) is 17.8 Å². The molecule has 2 atom stereocenters. The molecule has 4 N–H and O–H groups in total. The first-order valence-electron chi connectivity index (χ1n) is 15.6. The second-order valence-corrected chi connectivity index (χ2v) is 15.8. The van der Waals surface area contributed by atoms with Crippen molar-refractivity contribution in [3.63, 3.8) is 0 Å². The van der Waals surface area contributed by atoms with E-state index in [1.54, 1.807) is 7.05 Å². The molecule has 4 rings (SSSR count). The number of Topliss-reactive ketones (excluding diaryl/α,β-unsaturated/α-hetero) is 1. The summed E-state index contributed by atoms with van der Waals surface area (Å²) in [4.78, 5) is 65.9. The molecule has 242 valence electrons. The van der Waals surface area contributed by atoms with Gasteiger partial charge in [-0.15, -0.1) is 0 Å². The third-order valence-electron chi connectivity index (χ3n) is 8.96. The van der Waals surface area contributed by atoms with E-state index in [0.717, 1.165) is 44.9 Å². The number of ketones is 1. The Morgan fingerprint density at radius 3 is 2.19 bits per heavy atom. The lowest BCUT2D eigenvalue weighted by atomic mass is 9.83. The predicted octanol–water partition coefficient (Wildman–Crippen LogP) is 0.782.